The van der Waals surface area contributed by atoms with Crippen molar-refractivity contribution >= 4 is 32.4 Å². The van der Waals surface area contributed by atoms with Crippen molar-refractivity contribution in [3.05, 3.63) is 78.5 Å². The van der Waals surface area contributed by atoms with Crippen molar-refractivity contribution in [2.45, 2.75) is 23.1 Å². The molecule has 0 unspecified atom stereocenters. The van der Waals surface area contributed by atoms with Crippen LogP contribution in [0.25, 0.3) is 21.6 Å². The van der Waals surface area contributed by atoms with Gasteiger partial charge in [-0.05, 0) is 35.7 Å². The Bertz CT molecular complexity index is 1290. The van der Waals surface area contributed by atoms with Crippen LogP contribution in [-0.2, 0) is 10.0 Å². The second-order valence-corrected chi connectivity index (χ2v) is 10.3. The Morgan fingerprint density at radius 2 is 1.66 bits per heavy atom. The van der Waals surface area contributed by atoms with Crippen LogP contribution in [0.1, 0.15) is 18.4 Å². The van der Waals surface area contributed by atoms with Gasteiger partial charge < -0.3 is 0 Å². The van der Waals surface area contributed by atoms with Crippen LogP contribution in [0.3, 0.4) is 0 Å². The molecule has 3 atom stereocenters. The molecule has 0 aliphatic heterocycles. The smallest absolute Gasteiger partial charge is 0.250 e. The fraction of sp³-hybridized carbons (Fsp3) is 0.182. The molecule has 2 aromatic carbocycles. The first-order chi connectivity index (χ1) is 14.0. The lowest BCUT2D eigenvalue weighted by molar-refractivity contribution is 0.580. The molecule has 5 nitrogen and oxygen atoms in total. The Balaban J connectivity index is 1.38. The minimum Gasteiger partial charge on any atom is -0.252 e. The highest BCUT2D eigenvalue weighted by atomic mass is 32.2. The van der Waals surface area contributed by atoms with Gasteiger partial charge in [-0.15, -0.1) is 11.3 Å². The van der Waals surface area contributed by atoms with Gasteiger partial charge in [-0.2, -0.15) is 0 Å². The third kappa shape index (κ3) is 3.46. The molecular formula is C22H19N3O2S2. The number of hydrogen-bond donors (Lipinski definition) is 1. The first kappa shape index (κ1) is 18.4. The summed E-state index contributed by atoms with van der Waals surface area (Å²) in [5.41, 5.74) is 3.46. The zero-order valence-corrected chi connectivity index (χ0v) is 17.3. The van der Waals surface area contributed by atoms with E-state index in [2.05, 4.69) is 33.7 Å². The van der Waals surface area contributed by atoms with Crippen molar-refractivity contribution < 1.29 is 8.42 Å². The van der Waals surface area contributed by atoms with Crippen LogP contribution < -0.4 is 4.72 Å². The van der Waals surface area contributed by atoms with E-state index >= 15 is 0 Å². The third-order valence-electron chi connectivity index (χ3n) is 5.40. The van der Waals surface area contributed by atoms with E-state index in [0.29, 0.717) is 9.90 Å². The Morgan fingerprint density at radius 3 is 2.45 bits per heavy atom. The van der Waals surface area contributed by atoms with E-state index < -0.39 is 10.0 Å². The number of nitrogens with zero attached hydrogens (tertiary/aromatic N) is 2. The number of sulfonamides is 1. The summed E-state index contributed by atoms with van der Waals surface area (Å²) in [5, 5.41) is 0. The largest absolute Gasteiger partial charge is 0.252 e. The number of hydrogen-bond acceptors (Lipinski definition) is 5. The van der Waals surface area contributed by atoms with Gasteiger partial charge in [0.2, 0.25) is 10.0 Å². The van der Waals surface area contributed by atoms with Crippen LogP contribution in [0.5, 0.6) is 0 Å². The van der Waals surface area contributed by atoms with E-state index in [1.807, 2.05) is 42.5 Å². The van der Waals surface area contributed by atoms with Gasteiger partial charge in [0.1, 0.15) is 4.21 Å². The summed E-state index contributed by atoms with van der Waals surface area (Å²) in [4.78, 5) is 9.81. The van der Waals surface area contributed by atoms with Crippen molar-refractivity contribution in [2.24, 2.45) is 5.92 Å². The molecule has 0 amide bonds. The summed E-state index contributed by atoms with van der Waals surface area (Å²) in [6.45, 7) is 2.08. The van der Waals surface area contributed by atoms with Gasteiger partial charge in [0.25, 0.3) is 0 Å². The van der Waals surface area contributed by atoms with Crippen LogP contribution >= 0.6 is 11.3 Å². The maximum atomic E-state index is 12.9. The molecule has 0 radical (unpaired) electrons. The number of nitrogens with one attached hydrogen (secondary N) is 1. The van der Waals surface area contributed by atoms with E-state index in [9.17, 15) is 8.42 Å². The molecule has 0 bridgehead atoms. The first-order valence-electron chi connectivity index (χ1n) is 9.42. The summed E-state index contributed by atoms with van der Waals surface area (Å²) < 4.78 is 29.0. The predicted molar refractivity (Wildman–Crippen MR) is 115 cm³/mol. The average molecular weight is 422 g/mol. The van der Waals surface area contributed by atoms with Crippen molar-refractivity contribution in [3.8, 4) is 10.6 Å². The van der Waals surface area contributed by atoms with E-state index in [1.54, 1.807) is 18.3 Å². The quantitative estimate of drug-likeness (QED) is 0.517. The van der Waals surface area contributed by atoms with Crippen LogP contribution in [0.2, 0.25) is 0 Å². The topological polar surface area (TPSA) is 72.0 Å². The second-order valence-electron chi connectivity index (χ2n) is 7.31. The molecule has 7 heteroatoms. The number of para-hydroxylation sites is 2. The number of fused-ring (bicyclic) bond motifs is 1. The van der Waals surface area contributed by atoms with Gasteiger partial charge in [-0.3, -0.25) is 4.98 Å². The molecule has 1 saturated carbocycles. The molecular weight excluding hydrogens is 402 g/mol. The van der Waals surface area contributed by atoms with Gasteiger partial charge in [-0.1, -0.05) is 49.4 Å². The van der Waals surface area contributed by atoms with E-state index in [-0.39, 0.29) is 17.9 Å². The molecule has 0 spiro atoms. The minimum absolute atomic E-state index is 0.0755. The number of rotatable bonds is 5. The number of benzene rings is 2. The van der Waals surface area contributed by atoms with E-state index in [1.165, 1.54) is 16.9 Å². The van der Waals surface area contributed by atoms with Crippen LogP contribution in [0.15, 0.2) is 77.1 Å². The van der Waals surface area contributed by atoms with Crippen molar-refractivity contribution in [2.75, 3.05) is 0 Å². The summed E-state index contributed by atoms with van der Waals surface area (Å²) >= 11 is 1.22. The molecule has 4 aromatic rings. The molecule has 1 aliphatic carbocycles. The highest BCUT2D eigenvalue weighted by Gasteiger charge is 2.49. The summed E-state index contributed by atoms with van der Waals surface area (Å²) in [5.74, 6) is 0.495. The minimum atomic E-state index is -3.58. The third-order valence-corrected chi connectivity index (χ3v) is 8.46. The van der Waals surface area contributed by atoms with E-state index in [4.69, 9.17) is 0 Å². The zero-order valence-electron chi connectivity index (χ0n) is 15.7. The molecule has 5 rings (SSSR count). The maximum Gasteiger partial charge on any atom is 0.250 e. The van der Waals surface area contributed by atoms with Gasteiger partial charge in [0.05, 0.1) is 27.8 Å². The van der Waals surface area contributed by atoms with Gasteiger partial charge >= 0.3 is 0 Å². The Labute approximate surface area is 173 Å². The molecule has 1 N–H and O–H groups in total. The molecule has 146 valence electrons. The van der Waals surface area contributed by atoms with Crippen LogP contribution in [-0.4, -0.2) is 24.4 Å². The van der Waals surface area contributed by atoms with Crippen molar-refractivity contribution in [3.63, 3.8) is 0 Å². The highest BCUT2D eigenvalue weighted by Crippen LogP contribution is 2.48. The summed E-state index contributed by atoms with van der Waals surface area (Å²) in [6, 6.07) is 21.0. The highest BCUT2D eigenvalue weighted by molar-refractivity contribution is 7.91. The fourth-order valence-electron chi connectivity index (χ4n) is 3.74. The lowest BCUT2D eigenvalue weighted by Crippen LogP contribution is -2.27. The van der Waals surface area contributed by atoms with Gasteiger partial charge in [0.15, 0.2) is 0 Å². The van der Waals surface area contributed by atoms with Crippen LogP contribution in [0.4, 0.5) is 0 Å². The van der Waals surface area contributed by atoms with E-state index in [0.717, 1.165) is 15.9 Å². The summed E-state index contributed by atoms with van der Waals surface area (Å²) in [6.07, 6.45) is 1.69. The van der Waals surface area contributed by atoms with Gasteiger partial charge in [0, 0.05) is 12.0 Å². The lowest BCUT2D eigenvalue weighted by Gasteiger charge is -2.04. The summed E-state index contributed by atoms with van der Waals surface area (Å²) in [7, 11) is -3.58. The van der Waals surface area contributed by atoms with Crippen molar-refractivity contribution in [1.82, 2.24) is 14.7 Å². The zero-order chi connectivity index (χ0) is 20.0. The standard InChI is InChI=1S/C22H19N3O2S2/c1-14-21(15-7-3-2-4-8-15)22(14)25-29(26,27)20-12-11-19(28-20)18-13-23-16-9-5-6-10-17(16)24-18/h2-14,21-22,25H,1H3/t14-,21-,22+/m1/s1. The number of aromatic nitrogens is 2. The fourth-order valence-corrected chi connectivity index (χ4v) is 6.37. The van der Waals surface area contributed by atoms with Gasteiger partial charge in [-0.25, -0.2) is 18.1 Å². The Kier molecular flexibility index (Phi) is 4.46. The molecule has 1 aliphatic rings. The second kappa shape index (κ2) is 7.02. The normalized spacial score (nSPS) is 21.3. The molecule has 0 saturated heterocycles. The maximum absolute atomic E-state index is 12.9. The lowest BCUT2D eigenvalue weighted by atomic mass is 10.1. The van der Waals surface area contributed by atoms with Crippen LogP contribution in [0, 0.1) is 5.92 Å². The average Bonchev–Trinajstić information content (AvgIpc) is 3.14. The first-order valence-corrected chi connectivity index (χ1v) is 11.7. The van der Waals surface area contributed by atoms with Crippen molar-refractivity contribution in [1.29, 1.82) is 0 Å². The molecule has 1 fully saturated rings. The Morgan fingerprint density at radius 1 is 0.931 bits per heavy atom. The molecule has 2 heterocycles. The monoisotopic (exact) mass is 421 g/mol. The Hall–Kier alpha value is -2.61. The molecule has 2 aromatic heterocycles. The predicted octanol–water partition coefficient (Wildman–Crippen LogP) is 4.44. The molecule has 29 heavy (non-hydrogen) atoms. The SMILES string of the molecule is C[C@H]1[C@H](NS(=O)(=O)c2ccc(-c3cnc4ccccc4n3)s2)[C@H]1c1ccccc1. The number of thiophene rings is 1.